The van der Waals surface area contributed by atoms with Crippen molar-refractivity contribution in [3.8, 4) is 5.82 Å². The fourth-order valence-electron chi connectivity index (χ4n) is 3.06. The lowest BCUT2D eigenvalue weighted by molar-refractivity contribution is 0.0857. The molecule has 1 atom stereocenters. The van der Waals surface area contributed by atoms with Crippen LogP contribution in [0.25, 0.3) is 5.82 Å². The van der Waals surface area contributed by atoms with E-state index in [-0.39, 0.29) is 23.6 Å². The van der Waals surface area contributed by atoms with Crippen LogP contribution in [0.2, 0.25) is 0 Å². The van der Waals surface area contributed by atoms with Gasteiger partial charge < -0.3 is 15.4 Å². The van der Waals surface area contributed by atoms with Gasteiger partial charge in [-0.2, -0.15) is 0 Å². The standard InChI is InChI=1S/C20H19BrN6O3/c21-16-7-8-17(27-11-23-24-12-27)26-18(16)20(29)25-14-5-3-13(4-6-14)19(28)22-10-15-2-1-9-30-15/h3-8,11-12,15H,1-2,9-10H2,(H,22,28)(H,25,29). The first-order valence-corrected chi connectivity index (χ1v) is 10.2. The molecular formula is C20H19BrN6O3. The Morgan fingerprint density at radius 3 is 2.57 bits per heavy atom. The van der Waals surface area contributed by atoms with Crippen LogP contribution in [0.1, 0.15) is 33.7 Å². The number of nitrogens with zero attached hydrogens (tertiary/aromatic N) is 4. The summed E-state index contributed by atoms with van der Waals surface area (Å²) in [5, 5.41) is 13.1. The molecule has 2 amide bonds. The van der Waals surface area contributed by atoms with Gasteiger partial charge in [0, 0.05) is 28.9 Å². The van der Waals surface area contributed by atoms with Crippen LogP contribution in [0.5, 0.6) is 0 Å². The Kier molecular flexibility index (Phi) is 6.15. The number of amides is 2. The smallest absolute Gasteiger partial charge is 0.275 e. The van der Waals surface area contributed by atoms with Gasteiger partial charge >= 0.3 is 0 Å². The van der Waals surface area contributed by atoms with E-state index in [4.69, 9.17) is 4.74 Å². The van der Waals surface area contributed by atoms with Gasteiger partial charge in [0.1, 0.15) is 24.2 Å². The van der Waals surface area contributed by atoms with Crippen molar-refractivity contribution in [3.63, 3.8) is 0 Å². The Labute approximate surface area is 181 Å². The fourth-order valence-corrected chi connectivity index (χ4v) is 3.46. The molecule has 3 heterocycles. The average Bonchev–Trinajstić information content (AvgIpc) is 3.47. The van der Waals surface area contributed by atoms with Gasteiger partial charge in [0.25, 0.3) is 11.8 Å². The van der Waals surface area contributed by atoms with Crippen molar-refractivity contribution in [2.75, 3.05) is 18.5 Å². The monoisotopic (exact) mass is 470 g/mol. The van der Waals surface area contributed by atoms with Crippen LogP contribution in [0.15, 0.2) is 53.5 Å². The van der Waals surface area contributed by atoms with Crippen molar-refractivity contribution < 1.29 is 14.3 Å². The molecule has 9 nitrogen and oxygen atoms in total. The molecule has 1 unspecified atom stereocenters. The van der Waals surface area contributed by atoms with E-state index in [1.165, 1.54) is 12.7 Å². The number of anilines is 1. The molecule has 0 bridgehead atoms. The lowest BCUT2D eigenvalue weighted by Gasteiger charge is -2.11. The van der Waals surface area contributed by atoms with Gasteiger partial charge in [-0.1, -0.05) is 0 Å². The van der Waals surface area contributed by atoms with E-state index in [0.717, 1.165) is 19.4 Å². The highest BCUT2D eigenvalue weighted by molar-refractivity contribution is 9.10. The predicted octanol–water partition coefficient (Wildman–Crippen LogP) is 2.59. The van der Waals surface area contributed by atoms with E-state index in [0.29, 0.717) is 28.1 Å². The zero-order valence-corrected chi connectivity index (χ0v) is 17.5. The van der Waals surface area contributed by atoms with Crippen LogP contribution < -0.4 is 10.6 Å². The molecule has 3 aromatic rings. The molecule has 0 saturated carbocycles. The summed E-state index contributed by atoms with van der Waals surface area (Å²) in [6, 6.07) is 10.2. The molecule has 10 heteroatoms. The third-order valence-electron chi connectivity index (χ3n) is 4.65. The number of aromatic nitrogens is 4. The summed E-state index contributed by atoms with van der Waals surface area (Å²) in [6.45, 7) is 1.25. The number of benzene rings is 1. The Hall–Kier alpha value is -3.11. The van der Waals surface area contributed by atoms with E-state index in [1.54, 1.807) is 41.0 Å². The predicted molar refractivity (Wildman–Crippen MR) is 113 cm³/mol. The first-order valence-electron chi connectivity index (χ1n) is 9.43. The summed E-state index contributed by atoms with van der Waals surface area (Å²) in [5.74, 6) is -0.0339. The van der Waals surface area contributed by atoms with Crippen molar-refractivity contribution in [1.82, 2.24) is 25.1 Å². The SMILES string of the molecule is O=C(NCC1CCCO1)c1ccc(NC(=O)c2nc(-n3cnnc3)ccc2Br)cc1. The third kappa shape index (κ3) is 4.71. The average molecular weight is 471 g/mol. The highest BCUT2D eigenvalue weighted by atomic mass is 79.9. The first kappa shape index (κ1) is 20.2. The molecule has 2 aromatic heterocycles. The van der Waals surface area contributed by atoms with Crippen LogP contribution >= 0.6 is 15.9 Å². The van der Waals surface area contributed by atoms with E-state index >= 15 is 0 Å². The number of pyridine rings is 1. The molecule has 2 N–H and O–H groups in total. The third-order valence-corrected chi connectivity index (χ3v) is 5.29. The van der Waals surface area contributed by atoms with Crippen molar-refractivity contribution >= 4 is 33.4 Å². The molecule has 1 aliphatic heterocycles. The second-order valence-electron chi connectivity index (χ2n) is 6.75. The van der Waals surface area contributed by atoms with Crippen molar-refractivity contribution in [3.05, 3.63) is 64.8 Å². The highest BCUT2D eigenvalue weighted by Crippen LogP contribution is 2.19. The van der Waals surface area contributed by atoms with Crippen molar-refractivity contribution in [1.29, 1.82) is 0 Å². The number of hydrogen-bond donors (Lipinski definition) is 2. The molecule has 0 spiro atoms. The molecule has 0 radical (unpaired) electrons. The first-order chi connectivity index (χ1) is 14.6. The van der Waals surface area contributed by atoms with Gasteiger partial charge in [-0.3, -0.25) is 14.2 Å². The summed E-state index contributed by atoms with van der Waals surface area (Å²) < 4.78 is 7.67. The number of halogens is 1. The Morgan fingerprint density at radius 1 is 1.10 bits per heavy atom. The molecule has 1 aliphatic rings. The highest BCUT2D eigenvalue weighted by Gasteiger charge is 2.17. The van der Waals surface area contributed by atoms with Gasteiger partial charge in [0.2, 0.25) is 0 Å². The minimum Gasteiger partial charge on any atom is -0.376 e. The Morgan fingerprint density at radius 2 is 1.87 bits per heavy atom. The van der Waals surface area contributed by atoms with Crippen LogP contribution in [0.3, 0.4) is 0 Å². The van der Waals surface area contributed by atoms with E-state index in [1.807, 2.05) is 0 Å². The number of rotatable bonds is 6. The van der Waals surface area contributed by atoms with E-state index in [2.05, 4.69) is 41.7 Å². The largest absolute Gasteiger partial charge is 0.376 e. The maximum absolute atomic E-state index is 12.7. The summed E-state index contributed by atoms with van der Waals surface area (Å²) >= 11 is 3.36. The summed E-state index contributed by atoms with van der Waals surface area (Å²) in [6.07, 6.45) is 5.09. The molecule has 154 valence electrons. The van der Waals surface area contributed by atoms with Crippen LogP contribution in [-0.4, -0.2) is 50.8 Å². The van der Waals surface area contributed by atoms with Gasteiger partial charge in [-0.25, -0.2) is 4.98 Å². The number of carbonyl (C=O) groups excluding carboxylic acids is 2. The number of carbonyl (C=O) groups is 2. The summed E-state index contributed by atoms with van der Waals surface area (Å²) in [7, 11) is 0. The van der Waals surface area contributed by atoms with Crippen LogP contribution in [0, 0.1) is 0 Å². The second-order valence-corrected chi connectivity index (χ2v) is 7.60. The Bertz CT molecular complexity index is 1030. The van der Waals surface area contributed by atoms with Gasteiger partial charge in [0.15, 0.2) is 0 Å². The van der Waals surface area contributed by atoms with Crippen molar-refractivity contribution in [2.45, 2.75) is 18.9 Å². The number of ether oxygens (including phenoxy) is 1. The number of hydrogen-bond acceptors (Lipinski definition) is 6. The molecule has 0 aliphatic carbocycles. The quantitative estimate of drug-likeness (QED) is 0.572. The maximum atomic E-state index is 12.7. The van der Waals surface area contributed by atoms with Crippen LogP contribution in [-0.2, 0) is 4.74 Å². The van der Waals surface area contributed by atoms with Crippen LogP contribution in [0.4, 0.5) is 5.69 Å². The van der Waals surface area contributed by atoms with Gasteiger partial charge in [0.05, 0.1) is 6.10 Å². The zero-order valence-electron chi connectivity index (χ0n) is 15.9. The molecule has 1 fully saturated rings. The Balaban J connectivity index is 1.40. The zero-order chi connectivity index (χ0) is 20.9. The summed E-state index contributed by atoms with van der Waals surface area (Å²) in [5.41, 5.74) is 1.29. The molecular weight excluding hydrogens is 452 g/mol. The topological polar surface area (TPSA) is 111 Å². The van der Waals surface area contributed by atoms with E-state index in [9.17, 15) is 9.59 Å². The maximum Gasteiger partial charge on any atom is 0.275 e. The second kappa shape index (κ2) is 9.14. The molecule has 30 heavy (non-hydrogen) atoms. The molecule has 1 aromatic carbocycles. The van der Waals surface area contributed by atoms with E-state index < -0.39 is 0 Å². The fraction of sp³-hybridized carbons (Fsp3) is 0.250. The van der Waals surface area contributed by atoms with Gasteiger partial charge in [-0.15, -0.1) is 10.2 Å². The molecule has 1 saturated heterocycles. The van der Waals surface area contributed by atoms with Crippen molar-refractivity contribution in [2.24, 2.45) is 0 Å². The lowest BCUT2D eigenvalue weighted by atomic mass is 10.1. The van der Waals surface area contributed by atoms with Gasteiger partial charge in [-0.05, 0) is 65.2 Å². The normalized spacial score (nSPS) is 15.7. The minimum atomic E-state index is -0.382. The minimum absolute atomic E-state index is 0.0901. The molecule has 4 rings (SSSR count). The lowest BCUT2D eigenvalue weighted by Crippen LogP contribution is -2.31. The summed E-state index contributed by atoms with van der Waals surface area (Å²) in [4.78, 5) is 29.3. The number of nitrogens with one attached hydrogen (secondary N) is 2.